The summed E-state index contributed by atoms with van der Waals surface area (Å²) in [6.07, 6.45) is 1.93. The topological polar surface area (TPSA) is 96.3 Å². The van der Waals surface area contributed by atoms with E-state index in [0.29, 0.717) is 12.2 Å². The van der Waals surface area contributed by atoms with E-state index in [1.54, 1.807) is 0 Å². The lowest BCUT2D eigenvalue weighted by Crippen LogP contribution is -2.02. The highest BCUT2D eigenvalue weighted by Crippen LogP contribution is 2.22. The van der Waals surface area contributed by atoms with Crippen molar-refractivity contribution in [1.82, 2.24) is 9.38 Å². The predicted octanol–water partition coefficient (Wildman–Crippen LogP) is 3.03. The first-order valence-electron chi connectivity index (χ1n) is 6.94. The predicted molar refractivity (Wildman–Crippen MR) is 85.1 cm³/mol. The van der Waals surface area contributed by atoms with Gasteiger partial charge in [0, 0.05) is 24.0 Å². The largest absolute Gasteiger partial charge is 0.378 e. The van der Waals surface area contributed by atoms with E-state index in [-0.39, 0.29) is 11.3 Å². The summed E-state index contributed by atoms with van der Waals surface area (Å²) in [6, 6.07) is 12.0. The first-order valence-corrected chi connectivity index (χ1v) is 6.94. The number of imidazole rings is 1. The fraction of sp³-hybridized carbons (Fsp3) is 0.125. The van der Waals surface area contributed by atoms with Gasteiger partial charge >= 0.3 is 0 Å². The molecule has 3 rings (SSSR count). The Hall–Kier alpha value is -3.40. The Bertz CT molecular complexity index is 939. The third-order valence-corrected chi connectivity index (χ3v) is 3.54. The van der Waals surface area contributed by atoms with Crippen LogP contribution in [0.4, 0.5) is 11.4 Å². The molecular weight excluding hydrogens is 294 g/mol. The monoisotopic (exact) mass is 307 g/mol. The summed E-state index contributed by atoms with van der Waals surface area (Å²) in [5.41, 5.74) is 3.43. The van der Waals surface area contributed by atoms with Crippen LogP contribution in [0.3, 0.4) is 0 Å². The molecule has 7 heteroatoms. The van der Waals surface area contributed by atoms with Gasteiger partial charge in [-0.15, -0.1) is 0 Å². The van der Waals surface area contributed by atoms with Gasteiger partial charge < -0.3 is 9.72 Å². The van der Waals surface area contributed by atoms with Crippen LogP contribution in [0.15, 0.2) is 42.6 Å². The standard InChI is InChI=1S/C16H13N5O2/c1-11-3-2-4-16-19-13(10-20(11)16)9-18-15-6-5-14(21(22)23)7-12(15)8-17/h2-7,10,18H,9H2,1H3. The fourth-order valence-corrected chi connectivity index (χ4v) is 2.36. The van der Waals surface area contributed by atoms with Gasteiger partial charge in [-0.25, -0.2) is 4.98 Å². The van der Waals surface area contributed by atoms with Crippen molar-refractivity contribution in [3.8, 4) is 6.07 Å². The highest BCUT2D eigenvalue weighted by atomic mass is 16.6. The van der Waals surface area contributed by atoms with E-state index < -0.39 is 4.92 Å². The highest BCUT2D eigenvalue weighted by molar-refractivity contribution is 5.61. The second-order valence-electron chi connectivity index (χ2n) is 5.08. The quantitative estimate of drug-likeness (QED) is 0.590. The molecule has 1 aromatic carbocycles. The van der Waals surface area contributed by atoms with Crippen LogP contribution >= 0.6 is 0 Å². The van der Waals surface area contributed by atoms with Crippen molar-refractivity contribution in [2.24, 2.45) is 0 Å². The number of nitrogens with zero attached hydrogens (tertiary/aromatic N) is 4. The summed E-state index contributed by atoms with van der Waals surface area (Å²) in [7, 11) is 0. The summed E-state index contributed by atoms with van der Waals surface area (Å²) in [4.78, 5) is 14.7. The molecule has 7 nitrogen and oxygen atoms in total. The molecule has 0 atom stereocenters. The van der Waals surface area contributed by atoms with E-state index >= 15 is 0 Å². The molecule has 0 spiro atoms. The number of fused-ring (bicyclic) bond motifs is 1. The molecule has 0 fully saturated rings. The number of nitriles is 1. The van der Waals surface area contributed by atoms with Crippen LogP contribution in [0.5, 0.6) is 0 Å². The highest BCUT2D eigenvalue weighted by Gasteiger charge is 2.11. The van der Waals surface area contributed by atoms with Gasteiger partial charge in [-0.3, -0.25) is 10.1 Å². The minimum absolute atomic E-state index is 0.101. The smallest absolute Gasteiger partial charge is 0.270 e. The molecule has 3 aromatic rings. The van der Waals surface area contributed by atoms with Crippen molar-refractivity contribution in [3.05, 3.63) is 69.7 Å². The maximum Gasteiger partial charge on any atom is 0.270 e. The molecule has 0 aliphatic carbocycles. The Morgan fingerprint density at radius 3 is 2.91 bits per heavy atom. The Labute approximate surface area is 132 Å². The number of nitro benzene ring substituents is 1. The maximum absolute atomic E-state index is 10.8. The molecule has 0 saturated carbocycles. The van der Waals surface area contributed by atoms with Crippen LogP contribution in [0.25, 0.3) is 5.65 Å². The summed E-state index contributed by atoms with van der Waals surface area (Å²) < 4.78 is 1.98. The molecule has 114 valence electrons. The lowest BCUT2D eigenvalue weighted by atomic mass is 10.1. The molecule has 0 amide bonds. The summed E-state index contributed by atoms with van der Waals surface area (Å²) in [6.45, 7) is 2.42. The fourth-order valence-electron chi connectivity index (χ4n) is 2.36. The minimum Gasteiger partial charge on any atom is -0.378 e. The molecule has 1 N–H and O–H groups in total. The number of non-ortho nitro benzene ring substituents is 1. The second-order valence-corrected chi connectivity index (χ2v) is 5.08. The molecule has 0 aliphatic rings. The van der Waals surface area contributed by atoms with Crippen LogP contribution < -0.4 is 5.32 Å². The molecule has 2 aromatic heterocycles. The first-order chi connectivity index (χ1) is 11.1. The average molecular weight is 307 g/mol. The molecule has 0 radical (unpaired) electrons. The van der Waals surface area contributed by atoms with Crippen molar-refractivity contribution < 1.29 is 4.92 Å². The molecule has 0 bridgehead atoms. The zero-order valence-electron chi connectivity index (χ0n) is 12.4. The minimum atomic E-state index is -0.518. The van der Waals surface area contributed by atoms with Crippen molar-refractivity contribution >= 4 is 17.0 Å². The number of benzene rings is 1. The number of aryl methyl sites for hydroxylation is 1. The molecule has 2 heterocycles. The lowest BCUT2D eigenvalue weighted by molar-refractivity contribution is -0.384. The van der Waals surface area contributed by atoms with Crippen molar-refractivity contribution in [2.75, 3.05) is 5.32 Å². The van der Waals surface area contributed by atoms with Gasteiger partial charge in [0.05, 0.1) is 28.4 Å². The van der Waals surface area contributed by atoms with Gasteiger partial charge in [0.1, 0.15) is 11.7 Å². The number of nitrogens with one attached hydrogen (secondary N) is 1. The first kappa shape index (κ1) is 14.5. The number of anilines is 1. The van der Waals surface area contributed by atoms with Crippen molar-refractivity contribution in [2.45, 2.75) is 13.5 Å². The third kappa shape index (κ3) is 2.82. The molecular formula is C16H13N5O2. The Balaban J connectivity index is 1.83. The number of nitro groups is 1. The van der Waals surface area contributed by atoms with E-state index in [9.17, 15) is 10.1 Å². The Kier molecular flexibility index (Phi) is 3.65. The van der Waals surface area contributed by atoms with Crippen LogP contribution in [0.1, 0.15) is 17.0 Å². The van der Waals surface area contributed by atoms with Crippen LogP contribution in [0.2, 0.25) is 0 Å². The Morgan fingerprint density at radius 2 is 2.22 bits per heavy atom. The zero-order chi connectivity index (χ0) is 16.4. The number of hydrogen-bond acceptors (Lipinski definition) is 5. The SMILES string of the molecule is Cc1cccc2nc(CNc3ccc([N+](=O)[O-])cc3C#N)cn12. The third-order valence-electron chi connectivity index (χ3n) is 3.54. The second kappa shape index (κ2) is 5.77. The van der Waals surface area contributed by atoms with Crippen molar-refractivity contribution in [1.29, 1.82) is 5.26 Å². The lowest BCUT2D eigenvalue weighted by Gasteiger charge is -2.06. The van der Waals surface area contributed by atoms with E-state index in [2.05, 4.69) is 10.3 Å². The zero-order valence-corrected chi connectivity index (χ0v) is 12.4. The van der Waals surface area contributed by atoms with Gasteiger partial charge in [0.15, 0.2) is 0 Å². The normalized spacial score (nSPS) is 10.4. The molecule has 0 unspecified atom stereocenters. The molecule has 0 saturated heterocycles. The van der Waals surface area contributed by atoms with Gasteiger partial charge in [-0.05, 0) is 25.1 Å². The van der Waals surface area contributed by atoms with Crippen molar-refractivity contribution in [3.63, 3.8) is 0 Å². The van der Waals surface area contributed by atoms with Crippen LogP contribution in [-0.4, -0.2) is 14.3 Å². The van der Waals surface area contributed by atoms with E-state index in [4.69, 9.17) is 5.26 Å². The van der Waals surface area contributed by atoms with E-state index in [1.165, 1.54) is 18.2 Å². The molecule has 23 heavy (non-hydrogen) atoms. The van der Waals surface area contributed by atoms with Gasteiger partial charge in [-0.1, -0.05) is 6.07 Å². The van der Waals surface area contributed by atoms with Gasteiger partial charge in [0.25, 0.3) is 5.69 Å². The summed E-state index contributed by atoms with van der Waals surface area (Å²) in [5, 5.41) is 23.0. The summed E-state index contributed by atoms with van der Waals surface area (Å²) >= 11 is 0. The number of pyridine rings is 1. The van der Waals surface area contributed by atoms with Gasteiger partial charge in [-0.2, -0.15) is 5.26 Å². The number of aromatic nitrogens is 2. The van der Waals surface area contributed by atoms with Gasteiger partial charge in [0.2, 0.25) is 0 Å². The van der Waals surface area contributed by atoms with E-state index in [0.717, 1.165) is 17.0 Å². The van der Waals surface area contributed by atoms with E-state index in [1.807, 2.05) is 41.8 Å². The maximum atomic E-state index is 10.8. The number of rotatable bonds is 4. The van der Waals surface area contributed by atoms with Crippen LogP contribution in [-0.2, 0) is 6.54 Å². The molecule has 0 aliphatic heterocycles. The number of hydrogen-bond donors (Lipinski definition) is 1. The average Bonchev–Trinajstić information content (AvgIpc) is 2.97. The van der Waals surface area contributed by atoms with Crippen LogP contribution in [0, 0.1) is 28.4 Å². The summed E-state index contributed by atoms with van der Waals surface area (Å²) in [5.74, 6) is 0. The Morgan fingerprint density at radius 1 is 1.39 bits per heavy atom.